The van der Waals surface area contributed by atoms with E-state index in [1.165, 1.54) is 17.4 Å². The summed E-state index contributed by atoms with van der Waals surface area (Å²) >= 11 is 1.48. The second-order valence-electron chi connectivity index (χ2n) is 9.89. The van der Waals surface area contributed by atoms with E-state index < -0.39 is 0 Å². The van der Waals surface area contributed by atoms with Crippen LogP contribution in [0.3, 0.4) is 0 Å². The van der Waals surface area contributed by atoms with Crippen molar-refractivity contribution in [3.8, 4) is 11.6 Å². The van der Waals surface area contributed by atoms with Gasteiger partial charge in [0.25, 0.3) is 5.91 Å². The monoisotopic (exact) mass is 556 g/mol. The van der Waals surface area contributed by atoms with Crippen molar-refractivity contribution in [2.75, 3.05) is 23.7 Å². The van der Waals surface area contributed by atoms with Crippen molar-refractivity contribution in [2.24, 2.45) is 0 Å². The van der Waals surface area contributed by atoms with Crippen molar-refractivity contribution in [2.45, 2.75) is 38.8 Å². The highest BCUT2D eigenvalue weighted by Gasteiger charge is 2.22. The summed E-state index contributed by atoms with van der Waals surface area (Å²) in [5, 5.41) is 11.0. The number of likely N-dealkylation sites (tertiary alicyclic amines) is 1. The molecule has 3 heterocycles. The van der Waals surface area contributed by atoms with Crippen LogP contribution >= 0.6 is 11.3 Å². The molecule has 5 rings (SSSR count). The minimum absolute atomic E-state index is 0.0623. The summed E-state index contributed by atoms with van der Waals surface area (Å²) < 4.78 is 6.92. The molecular weight excluding hydrogens is 524 g/mol. The van der Waals surface area contributed by atoms with Crippen LogP contribution in [0.4, 0.5) is 17.3 Å². The summed E-state index contributed by atoms with van der Waals surface area (Å²) in [6.07, 6.45) is 3.13. The third-order valence-corrected chi connectivity index (χ3v) is 7.66. The Hall–Kier alpha value is -4.28. The fourth-order valence-corrected chi connectivity index (χ4v) is 5.32. The van der Waals surface area contributed by atoms with Gasteiger partial charge in [-0.05, 0) is 80.6 Å². The van der Waals surface area contributed by atoms with Crippen LogP contribution in [0, 0.1) is 0 Å². The standard InChI is InChI=1S/C30H32N6O3S/c1-4-26(37)31-23-6-5-7-24(18-23)39-29-27-25(14-17-40-27)34-30(35-29)33-21-10-8-20(9-11-21)28(38)32-22-12-15-36(16-13-22)19(2)3/h4-11,14,17-19,22H,1,12-13,15-16H2,2-3H3,(H,31,37)(H,32,38)(H,33,34,35). The summed E-state index contributed by atoms with van der Waals surface area (Å²) in [5.41, 5.74) is 2.69. The van der Waals surface area contributed by atoms with Gasteiger partial charge in [-0.3, -0.25) is 9.59 Å². The number of aromatic nitrogens is 2. The topological polar surface area (TPSA) is 108 Å². The number of piperidine rings is 1. The summed E-state index contributed by atoms with van der Waals surface area (Å²) in [5.74, 6) is 0.918. The van der Waals surface area contributed by atoms with Gasteiger partial charge >= 0.3 is 0 Å². The van der Waals surface area contributed by atoms with Crippen LogP contribution in [0.15, 0.2) is 72.6 Å². The summed E-state index contributed by atoms with van der Waals surface area (Å²) in [6, 6.07) is 17.0. The lowest BCUT2D eigenvalue weighted by atomic mass is 10.0. The Balaban J connectivity index is 1.26. The Morgan fingerprint density at radius 1 is 1.07 bits per heavy atom. The average Bonchev–Trinajstić information content (AvgIpc) is 3.43. The van der Waals surface area contributed by atoms with Gasteiger partial charge in [0, 0.05) is 48.2 Å². The number of hydrogen-bond donors (Lipinski definition) is 3. The quantitative estimate of drug-likeness (QED) is 0.219. The molecule has 0 atom stereocenters. The van der Waals surface area contributed by atoms with Crippen LogP contribution in [0.5, 0.6) is 11.6 Å². The first-order chi connectivity index (χ1) is 19.4. The molecule has 0 radical (unpaired) electrons. The number of carbonyl (C=O) groups is 2. The van der Waals surface area contributed by atoms with Crippen LogP contribution < -0.4 is 20.7 Å². The number of anilines is 3. The molecule has 2 amide bonds. The smallest absolute Gasteiger partial charge is 0.251 e. The number of ether oxygens (including phenoxy) is 1. The van der Waals surface area contributed by atoms with Crippen LogP contribution in [0.1, 0.15) is 37.0 Å². The molecule has 2 aromatic heterocycles. The average molecular weight is 557 g/mol. The highest BCUT2D eigenvalue weighted by Crippen LogP contribution is 2.33. The molecule has 0 bridgehead atoms. The number of amides is 2. The second-order valence-corrected chi connectivity index (χ2v) is 10.8. The van der Waals surface area contributed by atoms with E-state index in [-0.39, 0.29) is 17.9 Å². The van der Waals surface area contributed by atoms with Crippen molar-refractivity contribution in [3.05, 3.63) is 78.2 Å². The van der Waals surface area contributed by atoms with E-state index in [1.54, 1.807) is 36.4 Å². The van der Waals surface area contributed by atoms with Gasteiger partial charge in [0.05, 0.1) is 5.52 Å². The number of nitrogens with zero attached hydrogens (tertiary/aromatic N) is 3. The van der Waals surface area contributed by atoms with E-state index in [0.717, 1.165) is 41.8 Å². The summed E-state index contributed by atoms with van der Waals surface area (Å²) in [6.45, 7) is 9.90. The predicted octanol–water partition coefficient (Wildman–Crippen LogP) is 5.95. The number of hydrogen-bond acceptors (Lipinski definition) is 8. The van der Waals surface area contributed by atoms with Gasteiger partial charge in [0.1, 0.15) is 10.4 Å². The van der Waals surface area contributed by atoms with Gasteiger partial charge in [-0.1, -0.05) is 12.6 Å². The number of nitrogens with one attached hydrogen (secondary N) is 3. The molecule has 1 fully saturated rings. The molecule has 0 aliphatic carbocycles. The number of fused-ring (bicyclic) bond motifs is 1. The SMILES string of the molecule is C=CC(=O)Nc1cccc(Oc2nc(Nc3ccc(C(=O)NC4CCN(C(C)C)CC4)cc3)nc3ccsc23)c1. The van der Waals surface area contributed by atoms with Crippen molar-refractivity contribution in [1.29, 1.82) is 0 Å². The van der Waals surface area contributed by atoms with E-state index in [4.69, 9.17) is 4.74 Å². The maximum Gasteiger partial charge on any atom is 0.251 e. The maximum absolute atomic E-state index is 12.8. The van der Waals surface area contributed by atoms with Crippen molar-refractivity contribution in [3.63, 3.8) is 0 Å². The number of benzene rings is 2. The molecule has 0 spiro atoms. The maximum atomic E-state index is 12.8. The first-order valence-electron chi connectivity index (χ1n) is 13.3. The van der Waals surface area contributed by atoms with Gasteiger partial charge in [-0.2, -0.15) is 4.98 Å². The lowest BCUT2D eigenvalue weighted by molar-refractivity contribution is -0.111. The highest BCUT2D eigenvalue weighted by atomic mass is 32.1. The highest BCUT2D eigenvalue weighted by molar-refractivity contribution is 7.17. The molecule has 206 valence electrons. The Morgan fingerprint density at radius 2 is 1.85 bits per heavy atom. The molecule has 1 saturated heterocycles. The number of thiophene rings is 1. The lowest BCUT2D eigenvalue weighted by Gasteiger charge is -2.34. The summed E-state index contributed by atoms with van der Waals surface area (Å²) in [4.78, 5) is 36.1. The summed E-state index contributed by atoms with van der Waals surface area (Å²) in [7, 11) is 0. The Bertz CT molecular complexity index is 1510. The van der Waals surface area contributed by atoms with Crippen molar-refractivity contribution in [1.82, 2.24) is 20.2 Å². The van der Waals surface area contributed by atoms with Crippen LogP contribution in [0.25, 0.3) is 10.2 Å². The fraction of sp³-hybridized carbons (Fsp3) is 0.267. The molecule has 1 aliphatic rings. The van der Waals surface area contributed by atoms with E-state index in [9.17, 15) is 9.59 Å². The minimum Gasteiger partial charge on any atom is -0.437 e. The zero-order valence-electron chi connectivity index (χ0n) is 22.5. The van der Waals surface area contributed by atoms with Gasteiger partial charge < -0.3 is 25.6 Å². The number of rotatable bonds is 9. The first kappa shape index (κ1) is 27.3. The largest absolute Gasteiger partial charge is 0.437 e. The lowest BCUT2D eigenvalue weighted by Crippen LogP contribution is -2.46. The van der Waals surface area contributed by atoms with Gasteiger partial charge in [0.2, 0.25) is 17.7 Å². The third kappa shape index (κ3) is 6.64. The van der Waals surface area contributed by atoms with Gasteiger partial charge in [-0.15, -0.1) is 11.3 Å². The van der Waals surface area contributed by atoms with Gasteiger partial charge in [-0.25, -0.2) is 4.98 Å². The molecule has 10 heteroatoms. The van der Waals surface area contributed by atoms with Gasteiger partial charge in [0.15, 0.2) is 0 Å². The van der Waals surface area contributed by atoms with Crippen molar-refractivity contribution >= 4 is 50.7 Å². The number of carbonyl (C=O) groups excluding carboxylic acids is 2. The molecule has 0 saturated carbocycles. The predicted molar refractivity (Wildman–Crippen MR) is 160 cm³/mol. The fourth-order valence-electron chi connectivity index (χ4n) is 4.57. The zero-order valence-corrected chi connectivity index (χ0v) is 23.3. The van der Waals surface area contributed by atoms with E-state index in [0.29, 0.717) is 34.9 Å². The normalized spacial score (nSPS) is 14.2. The molecule has 9 nitrogen and oxygen atoms in total. The first-order valence-corrected chi connectivity index (χ1v) is 14.1. The van der Waals surface area contributed by atoms with Crippen LogP contribution in [-0.4, -0.2) is 51.9 Å². The van der Waals surface area contributed by atoms with Crippen LogP contribution in [-0.2, 0) is 4.79 Å². The molecule has 40 heavy (non-hydrogen) atoms. The van der Waals surface area contributed by atoms with Crippen molar-refractivity contribution < 1.29 is 14.3 Å². The van der Waals surface area contributed by atoms with E-state index >= 15 is 0 Å². The molecule has 0 unspecified atom stereocenters. The molecular formula is C30H32N6O3S. The molecule has 3 N–H and O–H groups in total. The third-order valence-electron chi connectivity index (χ3n) is 6.77. The molecule has 4 aromatic rings. The van der Waals surface area contributed by atoms with Crippen LogP contribution in [0.2, 0.25) is 0 Å². The Labute approximate surface area is 237 Å². The van der Waals surface area contributed by atoms with E-state index in [2.05, 4.69) is 51.2 Å². The zero-order chi connectivity index (χ0) is 28.1. The molecule has 2 aromatic carbocycles. The Kier molecular flexibility index (Phi) is 8.37. The minimum atomic E-state index is -0.304. The Morgan fingerprint density at radius 3 is 2.58 bits per heavy atom. The molecule has 1 aliphatic heterocycles. The van der Waals surface area contributed by atoms with E-state index in [1.807, 2.05) is 23.6 Å². The second kappa shape index (κ2) is 12.3.